The molecule has 0 aromatic heterocycles. The van der Waals surface area contributed by atoms with Gasteiger partial charge in [-0.05, 0) is 12.1 Å². The molecule has 2 aromatic carbocycles. The topological polar surface area (TPSA) is 92.5 Å². The molecule has 33 heavy (non-hydrogen) atoms. The number of phenols is 2. The third-order valence-corrected chi connectivity index (χ3v) is 4.51. The van der Waals surface area contributed by atoms with Crippen molar-refractivity contribution in [3.63, 3.8) is 0 Å². The number of halogens is 12. The lowest BCUT2D eigenvalue weighted by Crippen LogP contribution is -2.45. The average molecular weight is 502 g/mol. The first kappa shape index (κ1) is 26.1. The Morgan fingerprint density at radius 3 is 1.64 bits per heavy atom. The molecule has 0 bridgehead atoms. The van der Waals surface area contributed by atoms with E-state index in [0.29, 0.717) is 6.07 Å². The third-order valence-electron chi connectivity index (χ3n) is 4.51. The SMILES string of the molecule is Nc1ccc(-c2c(C(F)(C(F)F)C(F)(F)F)cc(C(F)(F)F)c(O)c2N)c(C(F)(F)F)c1O. The Kier molecular flexibility index (Phi) is 6.07. The molecule has 0 amide bonds. The van der Waals surface area contributed by atoms with Crippen LogP contribution in [0.3, 0.4) is 0 Å². The summed E-state index contributed by atoms with van der Waals surface area (Å²) in [5.41, 5.74) is -10.0. The maximum Gasteiger partial charge on any atom is 0.432 e. The van der Waals surface area contributed by atoms with Gasteiger partial charge in [-0.25, -0.2) is 13.2 Å². The number of anilines is 2. The molecule has 4 nitrogen and oxygen atoms in total. The largest absolute Gasteiger partial charge is 0.505 e. The van der Waals surface area contributed by atoms with Crippen LogP contribution in [0.15, 0.2) is 18.2 Å². The van der Waals surface area contributed by atoms with E-state index in [4.69, 9.17) is 11.5 Å². The number of hydrogen-bond acceptors (Lipinski definition) is 4. The summed E-state index contributed by atoms with van der Waals surface area (Å²) in [6.45, 7) is 0. The van der Waals surface area contributed by atoms with Crippen LogP contribution in [0.1, 0.15) is 16.7 Å². The first-order valence-corrected chi connectivity index (χ1v) is 8.13. The predicted octanol–water partition coefficient (Wildman–Crippen LogP) is 5.96. The van der Waals surface area contributed by atoms with Crippen molar-refractivity contribution in [2.45, 2.75) is 30.6 Å². The number of nitrogen functional groups attached to an aromatic ring is 2. The molecular weight excluding hydrogens is 492 g/mol. The lowest BCUT2D eigenvalue weighted by atomic mass is 9.83. The fourth-order valence-corrected chi connectivity index (χ4v) is 2.98. The van der Waals surface area contributed by atoms with Crippen LogP contribution < -0.4 is 11.5 Å². The molecule has 0 heterocycles. The number of hydrogen-bond donors (Lipinski definition) is 4. The Labute approximate surface area is 175 Å². The van der Waals surface area contributed by atoms with Crippen molar-refractivity contribution >= 4 is 11.4 Å². The molecule has 0 aliphatic heterocycles. The Morgan fingerprint density at radius 2 is 1.24 bits per heavy atom. The molecule has 0 spiro atoms. The van der Waals surface area contributed by atoms with Gasteiger partial charge in [-0.2, -0.15) is 39.5 Å². The first-order chi connectivity index (χ1) is 14.7. The summed E-state index contributed by atoms with van der Waals surface area (Å²) in [4.78, 5) is 0. The smallest absolute Gasteiger partial charge is 0.432 e. The number of nitrogens with two attached hydrogens (primary N) is 2. The maximum atomic E-state index is 14.8. The number of aromatic hydroxyl groups is 2. The number of phenolic OH excluding ortho intramolecular Hbond substituents is 2. The first-order valence-electron chi connectivity index (χ1n) is 8.13. The van der Waals surface area contributed by atoms with E-state index in [1.54, 1.807) is 0 Å². The molecule has 0 fully saturated rings. The zero-order chi connectivity index (χ0) is 25.9. The fourth-order valence-electron chi connectivity index (χ4n) is 2.98. The number of alkyl halides is 12. The van der Waals surface area contributed by atoms with E-state index in [2.05, 4.69) is 0 Å². The van der Waals surface area contributed by atoms with Gasteiger partial charge in [-0.3, -0.25) is 0 Å². The second-order valence-corrected chi connectivity index (χ2v) is 6.54. The molecule has 0 aliphatic carbocycles. The average Bonchev–Trinajstić information content (AvgIpc) is 2.62. The normalized spacial score (nSPS) is 15.1. The summed E-state index contributed by atoms with van der Waals surface area (Å²) >= 11 is 0. The van der Waals surface area contributed by atoms with Gasteiger partial charge in [-0.15, -0.1) is 0 Å². The van der Waals surface area contributed by atoms with Crippen LogP contribution in [0, 0.1) is 0 Å². The number of rotatable bonds is 3. The van der Waals surface area contributed by atoms with Crippen LogP contribution in [-0.4, -0.2) is 22.8 Å². The summed E-state index contributed by atoms with van der Waals surface area (Å²) in [6.07, 6.45) is -23.3. The minimum absolute atomic E-state index is 0.155. The van der Waals surface area contributed by atoms with Gasteiger partial charge in [-0.1, -0.05) is 6.07 Å². The Hall–Kier alpha value is -3.20. The van der Waals surface area contributed by atoms with E-state index < -0.39 is 87.4 Å². The van der Waals surface area contributed by atoms with Gasteiger partial charge in [0.2, 0.25) is 0 Å². The van der Waals surface area contributed by atoms with Crippen LogP contribution in [-0.2, 0) is 18.0 Å². The molecule has 0 saturated heterocycles. The van der Waals surface area contributed by atoms with Crippen LogP contribution in [0.25, 0.3) is 11.1 Å². The molecule has 16 heteroatoms. The molecule has 1 unspecified atom stereocenters. The van der Waals surface area contributed by atoms with E-state index in [1.807, 2.05) is 0 Å². The highest BCUT2D eigenvalue weighted by molar-refractivity contribution is 5.89. The molecule has 0 aliphatic rings. The molecule has 184 valence electrons. The quantitative estimate of drug-likeness (QED) is 0.237. The Morgan fingerprint density at radius 1 is 0.727 bits per heavy atom. The van der Waals surface area contributed by atoms with Gasteiger partial charge < -0.3 is 21.7 Å². The summed E-state index contributed by atoms with van der Waals surface area (Å²) in [6, 6.07) is -0.357. The van der Waals surface area contributed by atoms with Gasteiger partial charge >= 0.3 is 18.5 Å². The van der Waals surface area contributed by atoms with Gasteiger partial charge in [0.25, 0.3) is 12.1 Å². The Balaban J connectivity index is 3.25. The predicted molar refractivity (Wildman–Crippen MR) is 88.9 cm³/mol. The van der Waals surface area contributed by atoms with Crippen molar-refractivity contribution in [2.24, 2.45) is 0 Å². The molecule has 0 saturated carbocycles. The number of benzene rings is 2. The molecule has 2 aromatic rings. The molecule has 1 atom stereocenters. The molecule has 2 rings (SSSR count). The lowest BCUT2D eigenvalue weighted by Gasteiger charge is -2.31. The lowest BCUT2D eigenvalue weighted by molar-refractivity contribution is -0.274. The van der Waals surface area contributed by atoms with Gasteiger partial charge in [0.15, 0.2) is 11.5 Å². The van der Waals surface area contributed by atoms with Gasteiger partial charge in [0.05, 0.1) is 16.9 Å². The van der Waals surface area contributed by atoms with Gasteiger partial charge in [0, 0.05) is 16.7 Å². The van der Waals surface area contributed by atoms with Crippen molar-refractivity contribution in [3.8, 4) is 22.6 Å². The monoisotopic (exact) mass is 502 g/mol. The van der Waals surface area contributed by atoms with E-state index in [9.17, 15) is 62.9 Å². The fraction of sp³-hybridized carbons (Fsp3) is 0.294. The zero-order valence-corrected chi connectivity index (χ0v) is 15.4. The van der Waals surface area contributed by atoms with Crippen molar-refractivity contribution in [1.29, 1.82) is 0 Å². The summed E-state index contributed by atoms with van der Waals surface area (Å²) < 4.78 is 162. The molecule has 0 radical (unpaired) electrons. The van der Waals surface area contributed by atoms with Crippen LogP contribution in [0.4, 0.5) is 64.1 Å². The van der Waals surface area contributed by atoms with Crippen molar-refractivity contribution in [2.75, 3.05) is 11.5 Å². The summed E-state index contributed by atoms with van der Waals surface area (Å²) in [5.74, 6) is -4.03. The maximum absolute atomic E-state index is 14.8. The second-order valence-electron chi connectivity index (χ2n) is 6.54. The molecule has 6 N–H and O–H groups in total. The highest BCUT2D eigenvalue weighted by atomic mass is 19.4. The van der Waals surface area contributed by atoms with Crippen molar-refractivity contribution in [1.82, 2.24) is 0 Å². The third kappa shape index (κ3) is 4.13. The van der Waals surface area contributed by atoms with Crippen LogP contribution in [0.5, 0.6) is 11.5 Å². The van der Waals surface area contributed by atoms with E-state index >= 15 is 0 Å². The van der Waals surface area contributed by atoms with E-state index in [0.717, 1.165) is 0 Å². The second kappa shape index (κ2) is 7.69. The molecular formula is C17H10F12N2O2. The van der Waals surface area contributed by atoms with Crippen molar-refractivity contribution in [3.05, 3.63) is 34.9 Å². The van der Waals surface area contributed by atoms with Crippen molar-refractivity contribution < 1.29 is 62.9 Å². The van der Waals surface area contributed by atoms with E-state index in [1.165, 1.54) is 0 Å². The summed E-state index contributed by atoms with van der Waals surface area (Å²) in [7, 11) is 0. The van der Waals surface area contributed by atoms with E-state index in [-0.39, 0.29) is 6.07 Å². The minimum atomic E-state index is -6.67. The van der Waals surface area contributed by atoms with Crippen LogP contribution in [0.2, 0.25) is 0 Å². The zero-order valence-electron chi connectivity index (χ0n) is 15.4. The van der Waals surface area contributed by atoms with Gasteiger partial charge in [0.1, 0.15) is 5.56 Å². The minimum Gasteiger partial charge on any atom is -0.505 e. The highest BCUT2D eigenvalue weighted by Crippen LogP contribution is 2.57. The summed E-state index contributed by atoms with van der Waals surface area (Å²) in [5, 5.41) is 19.4. The Bertz CT molecular complexity index is 1080. The highest BCUT2D eigenvalue weighted by Gasteiger charge is 2.65. The standard InChI is InChI=1S/C17H10F12N2O2/c18-13(19)14(20,17(27,28)29)5-3-6(15(21,22)23)11(32)10(31)8(5)4-1-2-7(30)12(33)9(4)16(24,25)26/h1-3,13,32-33H,30-31H2. The van der Waals surface area contributed by atoms with Crippen LogP contribution >= 0.6 is 0 Å².